The molecule has 5 heteroatoms. The smallest absolute Gasteiger partial charge is 0.305 e. The van der Waals surface area contributed by atoms with Crippen LogP contribution >= 0.6 is 0 Å². The molecular formula is C21H24O5. The van der Waals surface area contributed by atoms with Gasteiger partial charge in [0.1, 0.15) is 11.5 Å². The molecule has 0 aromatic heterocycles. The number of unbranched alkanes of at least 4 members (excludes halogenated alkanes) is 1. The Balaban J connectivity index is 1.82. The van der Waals surface area contributed by atoms with Gasteiger partial charge in [0.2, 0.25) is 0 Å². The first-order valence-electron chi connectivity index (χ1n) is 8.83. The first-order valence-corrected chi connectivity index (χ1v) is 8.83. The average molecular weight is 356 g/mol. The van der Waals surface area contributed by atoms with Crippen LogP contribution in [0.15, 0.2) is 48.5 Å². The number of hydrogen-bond donors (Lipinski definition) is 1. The number of esters is 1. The van der Waals surface area contributed by atoms with Crippen molar-refractivity contribution < 1.29 is 24.2 Å². The highest BCUT2D eigenvalue weighted by atomic mass is 16.5. The first-order chi connectivity index (χ1) is 12.6. The summed E-state index contributed by atoms with van der Waals surface area (Å²) < 4.78 is 10.6. The van der Waals surface area contributed by atoms with Gasteiger partial charge < -0.3 is 14.6 Å². The van der Waals surface area contributed by atoms with Gasteiger partial charge in [-0.25, -0.2) is 0 Å². The van der Waals surface area contributed by atoms with Crippen LogP contribution in [0.2, 0.25) is 0 Å². The number of carbonyl (C=O) groups excluding carboxylic acids is 2. The van der Waals surface area contributed by atoms with Crippen LogP contribution in [0.4, 0.5) is 0 Å². The Hall–Kier alpha value is -2.82. The van der Waals surface area contributed by atoms with Crippen molar-refractivity contribution in [2.75, 3.05) is 13.2 Å². The van der Waals surface area contributed by atoms with Crippen LogP contribution in [0.3, 0.4) is 0 Å². The van der Waals surface area contributed by atoms with Crippen molar-refractivity contribution >= 4 is 11.8 Å². The van der Waals surface area contributed by atoms with Gasteiger partial charge >= 0.3 is 5.97 Å². The third kappa shape index (κ3) is 5.92. The van der Waals surface area contributed by atoms with E-state index in [-0.39, 0.29) is 23.1 Å². The SMILES string of the molecule is CCCCOC(=O)CCCOc1ccc(C(=O)c2ccccc2)c(O)c1. The van der Waals surface area contributed by atoms with Crippen molar-refractivity contribution in [1.82, 2.24) is 0 Å². The monoisotopic (exact) mass is 356 g/mol. The number of phenols is 1. The number of ketones is 1. The largest absolute Gasteiger partial charge is 0.507 e. The van der Waals surface area contributed by atoms with E-state index in [1.165, 1.54) is 6.07 Å². The number of ether oxygens (including phenoxy) is 2. The molecule has 0 amide bonds. The summed E-state index contributed by atoms with van der Waals surface area (Å²) in [6.07, 6.45) is 2.68. The van der Waals surface area contributed by atoms with Crippen LogP contribution in [0.5, 0.6) is 11.5 Å². The molecule has 0 saturated heterocycles. The second-order valence-electron chi connectivity index (χ2n) is 5.90. The summed E-state index contributed by atoms with van der Waals surface area (Å²) in [5.41, 5.74) is 0.737. The number of aromatic hydroxyl groups is 1. The molecule has 0 heterocycles. The van der Waals surface area contributed by atoms with Gasteiger partial charge in [-0.1, -0.05) is 43.7 Å². The summed E-state index contributed by atoms with van der Waals surface area (Å²) in [6, 6.07) is 13.4. The fraction of sp³-hybridized carbons (Fsp3) is 0.333. The molecule has 2 aromatic rings. The summed E-state index contributed by atoms with van der Waals surface area (Å²) in [5.74, 6) is -0.153. The van der Waals surface area contributed by atoms with Crippen molar-refractivity contribution in [2.24, 2.45) is 0 Å². The quantitative estimate of drug-likeness (QED) is 0.394. The lowest BCUT2D eigenvalue weighted by molar-refractivity contribution is -0.144. The Morgan fingerprint density at radius 3 is 2.46 bits per heavy atom. The summed E-state index contributed by atoms with van der Waals surface area (Å²) in [7, 11) is 0. The predicted octanol–water partition coefficient (Wildman–Crippen LogP) is 4.13. The second kappa shape index (κ2) is 10.2. The number of rotatable bonds is 10. The molecule has 138 valence electrons. The molecule has 1 N–H and O–H groups in total. The summed E-state index contributed by atoms with van der Waals surface area (Å²) >= 11 is 0. The van der Waals surface area contributed by atoms with Crippen LogP contribution in [-0.4, -0.2) is 30.1 Å². The van der Waals surface area contributed by atoms with Gasteiger partial charge in [0.25, 0.3) is 0 Å². The third-order valence-electron chi connectivity index (χ3n) is 3.80. The molecule has 2 rings (SSSR count). The van der Waals surface area contributed by atoms with E-state index in [0.29, 0.717) is 37.4 Å². The highest BCUT2D eigenvalue weighted by Crippen LogP contribution is 2.26. The van der Waals surface area contributed by atoms with Gasteiger partial charge in [-0.2, -0.15) is 0 Å². The molecule has 0 bridgehead atoms. The van der Waals surface area contributed by atoms with Crippen molar-refractivity contribution in [3.8, 4) is 11.5 Å². The lowest BCUT2D eigenvalue weighted by atomic mass is 10.0. The minimum atomic E-state index is -0.246. The van der Waals surface area contributed by atoms with Crippen LogP contribution in [-0.2, 0) is 9.53 Å². The van der Waals surface area contributed by atoms with E-state index in [2.05, 4.69) is 0 Å². The Kier molecular flexibility index (Phi) is 7.68. The highest BCUT2D eigenvalue weighted by Gasteiger charge is 2.14. The van der Waals surface area contributed by atoms with Gasteiger partial charge in [0, 0.05) is 18.1 Å². The zero-order chi connectivity index (χ0) is 18.8. The third-order valence-corrected chi connectivity index (χ3v) is 3.80. The van der Waals surface area contributed by atoms with Gasteiger partial charge in [0.05, 0.1) is 18.8 Å². The molecule has 26 heavy (non-hydrogen) atoms. The molecule has 0 atom stereocenters. The normalized spacial score (nSPS) is 10.3. The fourth-order valence-corrected chi connectivity index (χ4v) is 2.35. The molecular weight excluding hydrogens is 332 g/mol. The number of carbonyl (C=O) groups is 2. The molecule has 0 unspecified atom stereocenters. The van der Waals surface area contributed by atoms with Crippen molar-refractivity contribution in [3.63, 3.8) is 0 Å². The van der Waals surface area contributed by atoms with E-state index in [1.54, 1.807) is 36.4 Å². The summed E-state index contributed by atoms with van der Waals surface area (Å²) in [5, 5.41) is 10.1. The summed E-state index contributed by atoms with van der Waals surface area (Å²) in [6.45, 7) is 2.82. The van der Waals surface area contributed by atoms with Crippen molar-refractivity contribution in [1.29, 1.82) is 0 Å². The van der Waals surface area contributed by atoms with Gasteiger partial charge in [0.15, 0.2) is 5.78 Å². The van der Waals surface area contributed by atoms with Crippen LogP contribution in [0, 0.1) is 0 Å². The molecule has 0 saturated carbocycles. The maximum Gasteiger partial charge on any atom is 0.305 e. The van der Waals surface area contributed by atoms with E-state index in [9.17, 15) is 14.7 Å². The Morgan fingerprint density at radius 1 is 1.00 bits per heavy atom. The highest BCUT2D eigenvalue weighted by molar-refractivity contribution is 6.10. The van der Waals surface area contributed by atoms with E-state index in [4.69, 9.17) is 9.47 Å². The Morgan fingerprint density at radius 2 is 1.77 bits per heavy atom. The fourth-order valence-electron chi connectivity index (χ4n) is 2.35. The van der Waals surface area contributed by atoms with Crippen LogP contribution in [0.25, 0.3) is 0 Å². The molecule has 0 aliphatic heterocycles. The van der Waals surface area contributed by atoms with Crippen LogP contribution in [0.1, 0.15) is 48.5 Å². The molecule has 0 fully saturated rings. The number of hydrogen-bond acceptors (Lipinski definition) is 5. The molecule has 0 aliphatic carbocycles. The first kappa shape index (κ1) is 19.5. The average Bonchev–Trinajstić information content (AvgIpc) is 2.66. The van der Waals surface area contributed by atoms with E-state index < -0.39 is 0 Å². The molecule has 5 nitrogen and oxygen atoms in total. The van der Waals surface area contributed by atoms with E-state index in [1.807, 2.05) is 13.0 Å². The zero-order valence-electron chi connectivity index (χ0n) is 14.9. The lowest BCUT2D eigenvalue weighted by Crippen LogP contribution is -2.08. The molecule has 2 aromatic carbocycles. The lowest BCUT2D eigenvalue weighted by Gasteiger charge is -2.09. The zero-order valence-corrected chi connectivity index (χ0v) is 14.9. The van der Waals surface area contributed by atoms with Crippen molar-refractivity contribution in [2.45, 2.75) is 32.6 Å². The predicted molar refractivity (Wildman–Crippen MR) is 98.6 cm³/mol. The minimum absolute atomic E-state index is 0.129. The number of phenolic OH excluding ortho intramolecular Hbond substituents is 1. The minimum Gasteiger partial charge on any atom is -0.507 e. The van der Waals surface area contributed by atoms with Gasteiger partial charge in [-0.05, 0) is 25.0 Å². The van der Waals surface area contributed by atoms with Crippen LogP contribution < -0.4 is 4.74 Å². The maximum absolute atomic E-state index is 12.4. The molecule has 0 radical (unpaired) electrons. The van der Waals surface area contributed by atoms with E-state index in [0.717, 1.165) is 12.8 Å². The maximum atomic E-state index is 12.4. The van der Waals surface area contributed by atoms with E-state index >= 15 is 0 Å². The van der Waals surface area contributed by atoms with Crippen molar-refractivity contribution in [3.05, 3.63) is 59.7 Å². The van der Waals surface area contributed by atoms with Gasteiger partial charge in [-0.15, -0.1) is 0 Å². The second-order valence-corrected chi connectivity index (χ2v) is 5.90. The number of benzene rings is 2. The van der Waals surface area contributed by atoms with Gasteiger partial charge in [-0.3, -0.25) is 9.59 Å². The Bertz CT molecular complexity index is 724. The topological polar surface area (TPSA) is 72.8 Å². The standard InChI is InChI=1S/C21H24O5/c1-2-3-13-26-20(23)10-7-14-25-17-11-12-18(19(22)15-17)21(24)16-8-5-4-6-9-16/h4-6,8-9,11-12,15,22H,2-3,7,10,13-14H2,1H3. The molecule has 0 spiro atoms. The summed E-state index contributed by atoms with van der Waals surface area (Å²) in [4.78, 5) is 23.9. The molecule has 0 aliphatic rings. The Labute approximate surface area is 153 Å².